The number of halogens is 3. The number of carbonyl (C=O) groups is 1. The number of primary amides is 1. The Morgan fingerprint density at radius 1 is 1.17 bits per heavy atom. The molecule has 1 aromatic heterocycles. The second kappa shape index (κ2) is 9.75. The molecule has 0 fully saturated rings. The molecule has 1 amide bonds. The van der Waals surface area contributed by atoms with Crippen molar-refractivity contribution >= 4 is 5.91 Å². The molecular weight excluding hydrogens is 403 g/mol. The SMILES string of the molecule is CC(C)OCCCOc1nc(C(N)=O)cc(=O)n1C(C)c1ccc(C(F)(F)F)cc1. The number of rotatable bonds is 9. The fourth-order valence-corrected chi connectivity index (χ4v) is 2.70. The van der Waals surface area contributed by atoms with Gasteiger partial charge >= 0.3 is 6.18 Å². The molecule has 1 aromatic carbocycles. The Morgan fingerprint density at radius 2 is 1.80 bits per heavy atom. The number of nitrogens with zero attached hydrogens (tertiary/aromatic N) is 2. The maximum Gasteiger partial charge on any atom is 0.416 e. The third-order valence-electron chi connectivity index (χ3n) is 4.25. The highest BCUT2D eigenvalue weighted by molar-refractivity contribution is 5.90. The van der Waals surface area contributed by atoms with Gasteiger partial charge in [0.25, 0.3) is 17.5 Å². The number of carbonyl (C=O) groups excluding carboxylic acids is 1. The third-order valence-corrected chi connectivity index (χ3v) is 4.25. The average Bonchev–Trinajstić information content (AvgIpc) is 2.66. The topological polar surface area (TPSA) is 96.4 Å². The molecule has 0 aliphatic carbocycles. The lowest BCUT2D eigenvalue weighted by Crippen LogP contribution is -2.29. The summed E-state index contributed by atoms with van der Waals surface area (Å²) in [5, 5.41) is 0. The number of alkyl halides is 3. The smallest absolute Gasteiger partial charge is 0.416 e. The van der Waals surface area contributed by atoms with E-state index < -0.39 is 29.2 Å². The Labute approximate surface area is 171 Å². The first-order chi connectivity index (χ1) is 14.0. The van der Waals surface area contributed by atoms with E-state index >= 15 is 0 Å². The van der Waals surface area contributed by atoms with Gasteiger partial charge in [0.2, 0.25) is 0 Å². The summed E-state index contributed by atoms with van der Waals surface area (Å²) in [6, 6.07) is 4.56. The zero-order valence-electron chi connectivity index (χ0n) is 16.9. The van der Waals surface area contributed by atoms with E-state index in [2.05, 4.69) is 4.98 Å². The molecule has 7 nitrogen and oxygen atoms in total. The largest absolute Gasteiger partial charge is 0.464 e. The fourth-order valence-electron chi connectivity index (χ4n) is 2.70. The minimum Gasteiger partial charge on any atom is -0.464 e. The van der Waals surface area contributed by atoms with Gasteiger partial charge in [-0.2, -0.15) is 18.2 Å². The summed E-state index contributed by atoms with van der Waals surface area (Å²) >= 11 is 0. The number of hydrogen-bond acceptors (Lipinski definition) is 5. The molecule has 1 unspecified atom stereocenters. The van der Waals surface area contributed by atoms with Crippen LogP contribution in [0, 0.1) is 0 Å². The van der Waals surface area contributed by atoms with Gasteiger partial charge < -0.3 is 15.2 Å². The van der Waals surface area contributed by atoms with E-state index in [9.17, 15) is 22.8 Å². The predicted octanol–water partition coefficient (Wildman–Crippen LogP) is 3.16. The summed E-state index contributed by atoms with van der Waals surface area (Å²) in [5.74, 6) is -0.894. The molecule has 2 rings (SSSR count). The van der Waals surface area contributed by atoms with Gasteiger partial charge in [0, 0.05) is 12.5 Å². The Bertz CT molecular complexity index is 924. The molecule has 30 heavy (non-hydrogen) atoms. The quantitative estimate of drug-likeness (QED) is 0.620. The summed E-state index contributed by atoms with van der Waals surface area (Å²) in [6.07, 6.45) is -3.90. The molecule has 164 valence electrons. The first kappa shape index (κ1) is 23.4. The van der Waals surface area contributed by atoms with Crippen molar-refractivity contribution in [1.82, 2.24) is 9.55 Å². The van der Waals surface area contributed by atoms with E-state index in [1.165, 1.54) is 16.7 Å². The first-order valence-electron chi connectivity index (χ1n) is 9.35. The van der Waals surface area contributed by atoms with E-state index in [1.54, 1.807) is 6.92 Å². The summed E-state index contributed by atoms with van der Waals surface area (Å²) in [7, 11) is 0. The standard InChI is InChI=1S/C20H24F3N3O4/c1-12(2)29-9-4-10-30-19-25-16(18(24)28)11-17(27)26(19)13(3)14-5-7-15(8-6-14)20(21,22)23/h5-8,11-13H,4,9-10H2,1-3H3,(H2,24,28). The van der Waals surface area contributed by atoms with Crippen molar-refractivity contribution in [2.75, 3.05) is 13.2 Å². The van der Waals surface area contributed by atoms with Gasteiger partial charge in [-0.3, -0.25) is 14.2 Å². The van der Waals surface area contributed by atoms with Gasteiger partial charge in [-0.25, -0.2) is 0 Å². The van der Waals surface area contributed by atoms with Crippen LogP contribution in [0.25, 0.3) is 0 Å². The number of hydrogen-bond donors (Lipinski definition) is 1. The van der Waals surface area contributed by atoms with Gasteiger partial charge in [-0.1, -0.05) is 12.1 Å². The average molecular weight is 427 g/mol. The Kier molecular flexibility index (Phi) is 7.60. The number of ether oxygens (including phenoxy) is 2. The maximum absolute atomic E-state index is 12.8. The van der Waals surface area contributed by atoms with Crippen molar-refractivity contribution in [3.05, 3.63) is 57.5 Å². The molecule has 0 spiro atoms. The molecule has 1 atom stereocenters. The molecule has 0 radical (unpaired) electrons. The summed E-state index contributed by atoms with van der Waals surface area (Å²) < 4.78 is 50.6. The highest BCUT2D eigenvalue weighted by Crippen LogP contribution is 2.30. The summed E-state index contributed by atoms with van der Waals surface area (Å²) in [4.78, 5) is 28.1. The highest BCUT2D eigenvalue weighted by atomic mass is 19.4. The van der Waals surface area contributed by atoms with Gasteiger partial charge in [-0.05, 0) is 38.5 Å². The summed E-state index contributed by atoms with van der Waals surface area (Å²) in [5.41, 5.74) is 3.99. The monoisotopic (exact) mass is 427 g/mol. The van der Waals surface area contributed by atoms with Crippen molar-refractivity contribution in [2.24, 2.45) is 5.73 Å². The van der Waals surface area contributed by atoms with E-state index in [1.807, 2.05) is 13.8 Å². The van der Waals surface area contributed by atoms with Crippen LogP contribution in [0.3, 0.4) is 0 Å². The van der Waals surface area contributed by atoms with Crippen LogP contribution in [0.2, 0.25) is 0 Å². The Morgan fingerprint density at radius 3 is 2.33 bits per heavy atom. The molecular formula is C20H24F3N3O4. The first-order valence-corrected chi connectivity index (χ1v) is 9.35. The van der Waals surface area contributed by atoms with Crippen molar-refractivity contribution in [1.29, 1.82) is 0 Å². The van der Waals surface area contributed by atoms with Gasteiger partial charge in [-0.15, -0.1) is 0 Å². The molecule has 0 saturated heterocycles. The van der Waals surface area contributed by atoms with Crippen LogP contribution in [0.1, 0.15) is 54.8 Å². The van der Waals surface area contributed by atoms with Crippen LogP contribution in [-0.2, 0) is 10.9 Å². The molecule has 0 bridgehead atoms. The van der Waals surface area contributed by atoms with Crippen LogP contribution in [0.15, 0.2) is 35.1 Å². The lowest BCUT2D eigenvalue weighted by molar-refractivity contribution is -0.137. The Hall–Kier alpha value is -2.88. The van der Waals surface area contributed by atoms with Gasteiger partial charge in [0.05, 0.1) is 30.9 Å². The van der Waals surface area contributed by atoms with E-state index in [0.29, 0.717) is 18.6 Å². The lowest BCUT2D eigenvalue weighted by Gasteiger charge is -2.20. The van der Waals surface area contributed by atoms with Crippen LogP contribution in [0.4, 0.5) is 13.2 Å². The molecule has 0 aliphatic heterocycles. The van der Waals surface area contributed by atoms with Crippen LogP contribution < -0.4 is 16.0 Å². The molecule has 1 heterocycles. The zero-order valence-corrected chi connectivity index (χ0v) is 16.9. The van der Waals surface area contributed by atoms with Crippen molar-refractivity contribution in [2.45, 2.75) is 45.5 Å². The van der Waals surface area contributed by atoms with E-state index in [0.717, 1.165) is 18.2 Å². The third kappa shape index (κ3) is 6.06. The van der Waals surface area contributed by atoms with E-state index in [-0.39, 0.29) is 24.4 Å². The van der Waals surface area contributed by atoms with Gasteiger partial charge in [0.15, 0.2) is 0 Å². The molecule has 0 aliphatic rings. The van der Waals surface area contributed by atoms with Crippen molar-refractivity contribution in [3.63, 3.8) is 0 Å². The molecule has 2 N–H and O–H groups in total. The minimum atomic E-state index is -4.46. The van der Waals surface area contributed by atoms with Crippen LogP contribution in [0.5, 0.6) is 6.01 Å². The number of nitrogens with two attached hydrogens (primary N) is 1. The van der Waals surface area contributed by atoms with Crippen molar-refractivity contribution in [3.8, 4) is 6.01 Å². The van der Waals surface area contributed by atoms with Gasteiger partial charge in [0.1, 0.15) is 5.69 Å². The summed E-state index contributed by atoms with van der Waals surface area (Å²) in [6.45, 7) is 5.97. The number of benzene rings is 1. The normalized spacial score (nSPS) is 12.8. The molecule has 0 saturated carbocycles. The predicted molar refractivity (Wildman–Crippen MR) is 103 cm³/mol. The number of amides is 1. The lowest BCUT2D eigenvalue weighted by atomic mass is 10.1. The van der Waals surface area contributed by atoms with Crippen LogP contribution in [-0.4, -0.2) is 34.8 Å². The van der Waals surface area contributed by atoms with E-state index in [4.69, 9.17) is 15.2 Å². The molecule has 10 heteroatoms. The zero-order chi connectivity index (χ0) is 22.5. The minimum absolute atomic E-state index is 0.0548. The fraction of sp³-hybridized carbons (Fsp3) is 0.450. The molecule has 2 aromatic rings. The highest BCUT2D eigenvalue weighted by Gasteiger charge is 2.30. The Balaban J connectivity index is 2.32. The van der Waals surface area contributed by atoms with Crippen LogP contribution >= 0.6 is 0 Å². The van der Waals surface area contributed by atoms with Crippen molar-refractivity contribution < 1.29 is 27.4 Å². The number of aromatic nitrogens is 2. The second-order valence-corrected chi connectivity index (χ2v) is 6.91. The second-order valence-electron chi connectivity index (χ2n) is 6.91. The maximum atomic E-state index is 12.8.